The van der Waals surface area contributed by atoms with Crippen molar-refractivity contribution in [3.63, 3.8) is 0 Å². The largest absolute Gasteiger partial charge is 0.461 e. The second-order valence-corrected chi connectivity index (χ2v) is 5.81. The molecule has 0 N–H and O–H groups in total. The highest BCUT2D eigenvalue weighted by molar-refractivity contribution is 9.12. The van der Waals surface area contributed by atoms with Crippen molar-refractivity contribution in [1.29, 1.82) is 0 Å². The summed E-state index contributed by atoms with van der Waals surface area (Å²) in [6.45, 7) is 0.288. The number of benzene rings is 1. The number of hydrogen-bond acceptors (Lipinski definition) is 2. The zero-order valence-corrected chi connectivity index (χ0v) is 12.3. The third kappa shape index (κ3) is 4.44. The van der Waals surface area contributed by atoms with E-state index in [1.807, 2.05) is 6.07 Å². The van der Waals surface area contributed by atoms with E-state index in [0.717, 1.165) is 0 Å². The van der Waals surface area contributed by atoms with Crippen LogP contribution in [-0.2, 0) is 4.74 Å². The van der Waals surface area contributed by atoms with Crippen LogP contribution in [0.3, 0.4) is 0 Å². The molecule has 16 heavy (non-hydrogen) atoms. The van der Waals surface area contributed by atoms with Gasteiger partial charge in [-0.05, 0) is 12.1 Å². The van der Waals surface area contributed by atoms with Crippen molar-refractivity contribution in [1.82, 2.24) is 0 Å². The van der Waals surface area contributed by atoms with Crippen molar-refractivity contribution in [3.05, 3.63) is 35.9 Å². The smallest absolute Gasteiger partial charge is 0.338 e. The maximum atomic E-state index is 11.6. The Morgan fingerprint density at radius 3 is 2.44 bits per heavy atom. The van der Waals surface area contributed by atoms with Crippen LogP contribution < -0.4 is 0 Å². The van der Waals surface area contributed by atoms with Crippen LogP contribution in [0.4, 0.5) is 0 Å². The van der Waals surface area contributed by atoms with Crippen molar-refractivity contribution in [3.8, 4) is 0 Å². The molecule has 5 heteroatoms. The summed E-state index contributed by atoms with van der Waals surface area (Å²) in [4.78, 5) is 11.7. The van der Waals surface area contributed by atoms with Crippen LogP contribution in [0.2, 0.25) is 0 Å². The Morgan fingerprint density at radius 1 is 1.25 bits per heavy atom. The predicted octanol–water partition coefficient (Wildman–Crippen LogP) is 3.61. The molecular weight excluding hydrogens is 359 g/mol. The van der Waals surface area contributed by atoms with E-state index in [0.29, 0.717) is 11.4 Å². The molecule has 0 bridgehead atoms. The molecule has 2 atom stereocenters. The summed E-state index contributed by atoms with van der Waals surface area (Å²) in [5.74, 6) is 0.137. The standard InChI is InChI=1S/C11H11Br2ClO2/c12-9(6-14)10(13)7-16-11(15)8-4-2-1-3-5-8/h1-5,9-10H,6-7H2. The Kier molecular flexibility index (Phi) is 6.39. The molecule has 0 saturated carbocycles. The van der Waals surface area contributed by atoms with Gasteiger partial charge in [0.1, 0.15) is 6.61 Å². The Balaban J connectivity index is 2.42. The third-order valence-corrected chi connectivity index (χ3v) is 5.20. The molecule has 0 aliphatic carbocycles. The van der Waals surface area contributed by atoms with E-state index in [2.05, 4.69) is 31.9 Å². The van der Waals surface area contributed by atoms with Crippen LogP contribution >= 0.6 is 43.5 Å². The Labute approximate surface area is 117 Å². The minimum absolute atomic E-state index is 0.0117. The number of halogens is 3. The van der Waals surface area contributed by atoms with E-state index >= 15 is 0 Å². The maximum absolute atomic E-state index is 11.6. The van der Waals surface area contributed by atoms with Crippen LogP contribution in [0.15, 0.2) is 30.3 Å². The molecular formula is C11H11Br2ClO2. The number of ether oxygens (including phenoxy) is 1. The van der Waals surface area contributed by atoms with Gasteiger partial charge in [-0.1, -0.05) is 50.1 Å². The van der Waals surface area contributed by atoms with Crippen molar-refractivity contribution in [2.24, 2.45) is 0 Å². The molecule has 88 valence electrons. The predicted molar refractivity (Wildman–Crippen MR) is 72.9 cm³/mol. The molecule has 0 aliphatic rings. The Morgan fingerprint density at radius 2 is 1.88 bits per heavy atom. The number of rotatable bonds is 5. The van der Waals surface area contributed by atoms with Gasteiger partial charge in [0.15, 0.2) is 0 Å². The van der Waals surface area contributed by atoms with Gasteiger partial charge in [0.05, 0.1) is 10.4 Å². The van der Waals surface area contributed by atoms with Crippen molar-refractivity contribution in [2.75, 3.05) is 12.5 Å². The molecule has 0 amide bonds. The molecule has 2 unspecified atom stereocenters. The van der Waals surface area contributed by atoms with Gasteiger partial charge in [0.2, 0.25) is 0 Å². The normalized spacial score (nSPS) is 14.2. The van der Waals surface area contributed by atoms with E-state index in [9.17, 15) is 4.79 Å². The lowest BCUT2D eigenvalue weighted by Gasteiger charge is -2.14. The first-order chi connectivity index (χ1) is 7.65. The first-order valence-electron chi connectivity index (χ1n) is 4.71. The first-order valence-corrected chi connectivity index (χ1v) is 7.08. The minimum atomic E-state index is -0.320. The summed E-state index contributed by atoms with van der Waals surface area (Å²) < 4.78 is 5.14. The lowest BCUT2D eigenvalue weighted by molar-refractivity contribution is 0.0509. The summed E-state index contributed by atoms with van der Waals surface area (Å²) >= 11 is 12.4. The van der Waals surface area contributed by atoms with E-state index in [1.165, 1.54) is 0 Å². The molecule has 1 rings (SSSR count). The summed E-state index contributed by atoms with van der Waals surface area (Å²) in [5.41, 5.74) is 0.555. The molecule has 2 nitrogen and oxygen atoms in total. The highest BCUT2D eigenvalue weighted by Gasteiger charge is 2.17. The molecule has 0 aromatic heterocycles. The second kappa shape index (κ2) is 7.30. The van der Waals surface area contributed by atoms with Crippen molar-refractivity contribution < 1.29 is 9.53 Å². The molecule has 0 aliphatic heterocycles. The topological polar surface area (TPSA) is 26.3 Å². The van der Waals surface area contributed by atoms with Gasteiger partial charge in [-0.3, -0.25) is 0 Å². The van der Waals surface area contributed by atoms with Gasteiger partial charge < -0.3 is 4.74 Å². The van der Waals surface area contributed by atoms with Crippen molar-refractivity contribution in [2.45, 2.75) is 9.65 Å². The molecule has 0 saturated heterocycles. The van der Waals surface area contributed by atoms with Gasteiger partial charge in [0, 0.05) is 10.7 Å². The van der Waals surface area contributed by atoms with Crippen LogP contribution in [0.1, 0.15) is 10.4 Å². The summed E-state index contributed by atoms with van der Waals surface area (Å²) in [6, 6.07) is 8.89. The highest BCUT2D eigenvalue weighted by Crippen LogP contribution is 2.16. The number of alkyl halides is 3. The quantitative estimate of drug-likeness (QED) is 0.585. The van der Waals surface area contributed by atoms with Gasteiger partial charge in [0.25, 0.3) is 0 Å². The van der Waals surface area contributed by atoms with Crippen LogP contribution in [0.5, 0.6) is 0 Å². The number of carbonyl (C=O) groups excluding carboxylic acids is 1. The molecule has 0 radical (unpaired) electrons. The second-order valence-electron chi connectivity index (χ2n) is 3.15. The van der Waals surface area contributed by atoms with E-state index < -0.39 is 0 Å². The van der Waals surface area contributed by atoms with E-state index in [1.54, 1.807) is 24.3 Å². The van der Waals surface area contributed by atoms with E-state index in [4.69, 9.17) is 16.3 Å². The zero-order valence-electron chi connectivity index (χ0n) is 8.41. The zero-order chi connectivity index (χ0) is 12.0. The van der Waals surface area contributed by atoms with Gasteiger partial charge in [-0.2, -0.15) is 0 Å². The van der Waals surface area contributed by atoms with Crippen LogP contribution in [-0.4, -0.2) is 28.1 Å². The van der Waals surface area contributed by atoms with E-state index in [-0.39, 0.29) is 22.2 Å². The fourth-order valence-corrected chi connectivity index (χ4v) is 1.92. The molecule has 1 aromatic carbocycles. The lowest BCUT2D eigenvalue weighted by Crippen LogP contribution is -2.23. The Hall–Kier alpha value is -0.0600. The Bertz CT molecular complexity index is 332. The average Bonchev–Trinajstić information content (AvgIpc) is 2.35. The van der Waals surface area contributed by atoms with Crippen molar-refractivity contribution >= 4 is 49.4 Å². The molecule has 0 heterocycles. The fraction of sp³-hybridized carbons (Fsp3) is 0.364. The summed E-state index contributed by atoms with van der Waals surface area (Å²) in [6.07, 6.45) is 0. The highest BCUT2D eigenvalue weighted by atomic mass is 79.9. The molecule has 1 aromatic rings. The lowest BCUT2D eigenvalue weighted by atomic mass is 10.2. The van der Waals surface area contributed by atoms with Gasteiger partial charge >= 0.3 is 5.97 Å². The third-order valence-electron chi connectivity index (χ3n) is 1.92. The van der Waals surface area contributed by atoms with Crippen LogP contribution in [0, 0.1) is 0 Å². The SMILES string of the molecule is O=C(OCC(Br)C(Br)CCl)c1ccccc1. The monoisotopic (exact) mass is 368 g/mol. The first kappa shape index (κ1) is 14.0. The summed E-state index contributed by atoms with van der Waals surface area (Å²) in [5, 5.41) is 0. The molecule has 0 spiro atoms. The minimum Gasteiger partial charge on any atom is -0.461 e. The maximum Gasteiger partial charge on any atom is 0.338 e. The fourth-order valence-electron chi connectivity index (χ4n) is 1.01. The number of hydrogen-bond donors (Lipinski definition) is 0. The number of carbonyl (C=O) groups is 1. The molecule has 0 fully saturated rings. The van der Waals surface area contributed by atoms with Crippen LogP contribution in [0.25, 0.3) is 0 Å². The van der Waals surface area contributed by atoms with Gasteiger partial charge in [-0.15, -0.1) is 11.6 Å². The average molecular weight is 370 g/mol. The number of esters is 1. The van der Waals surface area contributed by atoms with Gasteiger partial charge in [-0.25, -0.2) is 4.79 Å². The summed E-state index contributed by atoms with van der Waals surface area (Å²) in [7, 11) is 0.